The van der Waals surface area contributed by atoms with Crippen LogP contribution in [0, 0.1) is 0 Å². The molecule has 0 heterocycles. The predicted octanol–water partition coefficient (Wildman–Crippen LogP) is 2.67. The Labute approximate surface area is 109 Å². The molecule has 0 radical (unpaired) electrons. The highest BCUT2D eigenvalue weighted by atomic mass is 16.5. The van der Waals surface area contributed by atoms with Gasteiger partial charge in [0.05, 0.1) is 6.61 Å². The lowest BCUT2D eigenvalue weighted by atomic mass is 9.84. The van der Waals surface area contributed by atoms with Crippen LogP contribution in [0.15, 0.2) is 24.3 Å². The second-order valence-electron chi connectivity index (χ2n) is 4.68. The van der Waals surface area contributed by atoms with Crippen molar-refractivity contribution < 1.29 is 14.6 Å². The van der Waals surface area contributed by atoms with Gasteiger partial charge in [-0.05, 0) is 31.4 Å². The van der Waals surface area contributed by atoms with Gasteiger partial charge in [0.25, 0.3) is 0 Å². The van der Waals surface area contributed by atoms with E-state index in [0.717, 1.165) is 12.0 Å². The molecule has 2 unspecified atom stereocenters. The van der Waals surface area contributed by atoms with E-state index in [2.05, 4.69) is 6.92 Å². The molecule has 0 saturated heterocycles. The molecule has 100 valence electrons. The number of aryl methyl sites for hydroxylation is 1. The fraction of sp³-hybridized carbons (Fsp3) is 0.533. The zero-order valence-electron chi connectivity index (χ0n) is 11.6. The summed E-state index contributed by atoms with van der Waals surface area (Å²) >= 11 is 0. The summed E-state index contributed by atoms with van der Waals surface area (Å²) in [6, 6.07) is 7.95. The number of hydrogen-bond donors (Lipinski definition) is 1. The van der Waals surface area contributed by atoms with E-state index in [1.54, 1.807) is 6.92 Å². The number of ether oxygens (including phenoxy) is 1. The minimum atomic E-state index is -1.50. The highest BCUT2D eigenvalue weighted by Crippen LogP contribution is 2.29. The molecular weight excluding hydrogens is 228 g/mol. The van der Waals surface area contributed by atoms with Crippen LogP contribution < -0.4 is 0 Å². The lowest BCUT2D eigenvalue weighted by Crippen LogP contribution is -2.41. The largest absolute Gasteiger partial charge is 0.464 e. The third-order valence-corrected chi connectivity index (χ3v) is 3.42. The average molecular weight is 250 g/mol. The van der Waals surface area contributed by atoms with Crippen molar-refractivity contribution in [1.29, 1.82) is 0 Å². The number of hydrogen-bond acceptors (Lipinski definition) is 3. The molecule has 3 heteroatoms. The first-order chi connectivity index (χ1) is 8.43. The molecule has 0 spiro atoms. The summed E-state index contributed by atoms with van der Waals surface area (Å²) in [5, 5.41) is 10.3. The second-order valence-corrected chi connectivity index (χ2v) is 4.68. The zero-order chi connectivity index (χ0) is 13.8. The zero-order valence-corrected chi connectivity index (χ0v) is 11.6. The van der Waals surface area contributed by atoms with Gasteiger partial charge in [-0.15, -0.1) is 0 Å². The molecule has 0 aromatic heterocycles. The Morgan fingerprint density at radius 1 is 1.33 bits per heavy atom. The van der Waals surface area contributed by atoms with E-state index < -0.39 is 11.6 Å². The van der Waals surface area contributed by atoms with Crippen LogP contribution in [0.25, 0.3) is 0 Å². The molecule has 18 heavy (non-hydrogen) atoms. The van der Waals surface area contributed by atoms with Gasteiger partial charge in [0, 0.05) is 5.92 Å². The van der Waals surface area contributed by atoms with Gasteiger partial charge in [0.2, 0.25) is 0 Å². The molecule has 2 atom stereocenters. The number of esters is 1. The van der Waals surface area contributed by atoms with Gasteiger partial charge in [-0.3, -0.25) is 0 Å². The van der Waals surface area contributed by atoms with Crippen molar-refractivity contribution in [2.24, 2.45) is 0 Å². The lowest BCUT2D eigenvalue weighted by molar-refractivity contribution is -0.165. The number of rotatable bonds is 5. The summed E-state index contributed by atoms with van der Waals surface area (Å²) in [4.78, 5) is 11.7. The SMILES string of the molecule is CCOC(=O)C(C)(O)C(C)c1ccc(CC)cc1. The summed E-state index contributed by atoms with van der Waals surface area (Å²) in [6.45, 7) is 7.43. The van der Waals surface area contributed by atoms with Gasteiger partial charge in [-0.25, -0.2) is 4.79 Å². The Morgan fingerprint density at radius 2 is 1.89 bits per heavy atom. The van der Waals surface area contributed by atoms with Crippen molar-refractivity contribution in [2.75, 3.05) is 6.61 Å². The third kappa shape index (κ3) is 3.10. The summed E-state index contributed by atoms with van der Waals surface area (Å²) in [6.07, 6.45) is 0.975. The Hall–Kier alpha value is -1.35. The maximum absolute atomic E-state index is 11.7. The highest BCUT2D eigenvalue weighted by Gasteiger charge is 2.38. The topological polar surface area (TPSA) is 46.5 Å². The van der Waals surface area contributed by atoms with Crippen LogP contribution >= 0.6 is 0 Å². The van der Waals surface area contributed by atoms with Crippen molar-refractivity contribution in [3.05, 3.63) is 35.4 Å². The molecule has 0 fully saturated rings. The smallest absolute Gasteiger partial charge is 0.338 e. The van der Waals surface area contributed by atoms with Crippen LogP contribution in [0.4, 0.5) is 0 Å². The van der Waals surface area contributed by atoms with Crippen molar-refractivity contribution in [2.45, 2.75) is 45.6 Å². The molecule has 0 aliphatic carbocycles. The van der Waals surface area contributed by atoms with Crippen molar-refractivity contribution >= 4 is 5.97 Å². The summed E-state index contributed by atoms with van der Waals surface area (Å²) in [5.74, 6) is -0.875. The molecule has 1 aromatic rings. The molecule has 1 N–H and O–H groups in total. The van der Waals surface area contributed by atoms with E-state index >= 15 is 0 Å². The molecule has 0 aliphatic heterocycles. The molecular formula is C15H22O3. The van der Waals surface area contributed by atoms with Crippen LogP contribution in [0.3, 0.4) is 0 Å². The van der Waals surface area contributed by atoms with E-state index in [0.29, 0.717) is 0 Å². The minimum absolute atomic E-state index is 0.274. The molecule has 0 amide bonds. The predicted molar refractivity (Wildman–Crippen MR) is 71.5 cm³/mol. The first-order valence-corrected chi connectivity index (χ1v) is 6.41. The fourth-order valence-corrected chi connectivity index (χ4v) is 1.82. The van der Waals surface area contributed by atoms with E-state index in [-0.39, 0.29) is 12.5 Å². The van der Waals surface area contributed by atoms with Crippen molar-refractivity contribution in [3.63, 3.8) is 0 Å². The monoisotopic (exact) mass is 250 g/mol. The Morgan fingerprint density at radius 3 is 2.33 bits per heavy atom. The quantitative estimate of drug-likeness (QED) is 0.817. The molecule has 0 aliphatic rings. The van der Waals surface area contributed by atoms with Crippen LogP contribution in [0.5, 0.6) is 0 Å². The normalized spacial score (nSPS) is 15.8. The fourth-order valence-electron chi connectivity index (χ4n) is 1.82. The third-order valence-electron chi connectivity index (χ3n) is 3.42. The van der Waals surface area contributed by atoms with Crippen molar-refractivity contribution in [1.82, 2.24) is 0 Å². The van der Waals surface area contributed by atoms with Gasteiger partial charge in [-0.2, -0.15) is 0 Å². The van der Waals surface area contributed by atoms with Gasteiger partial charge < -0.3 is 9.84 Å². The van der Waals surface area contributed by atoms with Crippen LogP contribution in [0.2, 0.25) is 0 Å². The molecule has 3 nitrogen and oxygen atoms in total. The maximum atomic E-state index is 11.7. The Bertz CT molecular complexity index is 393. The molecule has 0 saturated carbocycles. The van der Waals surface area contributed by atoms with Gasteiger partial charge >= 0.3 is 5.97 Å². The first-order valence-electron chi connectivity index (χ1n) is 6.41. The first kappa shape index (κ1) is 14.7. The Balaban J connectivity index is 2.90. The van der Waals surface area contributed by atoms with Crippen LogP contribution in [-0.2, 0) is 16.0 Å². The van der Waals surface area contributed by atoms with Crippen LogP contribution in [-0.4, -0.2) is 23.3 Å². The summed E-state index contributed by atoms with van der Waals surface area (Å²) < 4.78 is 4.91. The van der Waals surface area contributed by atoms with Gasteiger partial charge in [0.1, 0.15) is 0 Å². The highest BCUT2D eigenvalue weighted by molar-refractivity contribution is 5.80. The van der Waals surface area contributed by atoms with E-state index in [1.165, 1.54) is 12.5 Å². The van der Waals surface area contributed by atoms with Crippen LogP contribution in [0.1, 0.15) is 44.7 Å². The van der Waals surface area contributed by atoms with Gasteiger partial charge in [0.15, 0.2) is 5.60 Å². The lowest BCUT2D eigenvalue weighted by Gasteiger charge is -2.28. The summed E-state index contributed by atoms with van der Waals surface area (Å²) in [5.41, 5.74) is 0.677. The van der Waals surface area contributed by atoms with E-state index in [1.807, 2.05) is 31.2 Å². The molecule has 1 rings (SSSR count). The van der Waals surface area contributed by atoms with Crippen molar-refractivity contribution in [3.8, 4) is 0 Å². The molecule has 0 bridgehead atoms. The standard InChI is InChI=1S/C15H22O3/c1-5-12-7-9-13(10-8-12)11(3)15(4,17)14(16)18-6-2/h7-11,17H,5-6H2,1-4H3. The maximum Gasteiger partial charge on any atom is 0.338 e. The Kier molecular flexibility index (Phi) is 4.91. The van der Waals surface area contributed by atoms with E-state index in [4.69, 9.17) is 4.74 Å². The number of carbonyl (C=O) groups is 1. The average Bonchev–Trinajstić information content (AvgIpc) is 2.38. The van der Waals surface area contributed by atoms with E-state index in [9.17, 15) is 9.90 Å². The number of benzene rings is 1. The number of aliphatic hydroxyl groups is 1. The minimum Gasteiger partial charge on any atom is -0.464 e. The van der Waals surface area contributed by atoms with Gasteiger partial charge in [-0.1, -0.05) is 38.1 Å². The summed E-state index contributed by atoms with van der Waals surface area (Å²) in [7, 11) is 0. The second kappa shape index (κ2) is 6.01. The molecule has 1 aromatic carbocycles. The number of carbonyl (C=O) groups excluding carboxylic acids is 1.